The summed E-state index contributed by atoms with van der Waals surface area (Å²) in [5.74, 6) is -1.36. The van der Waals surface area contributed by atoms with Crippen molar-refractivity contribution in [1.29, 1.82) is 0 Å². The van der Waals surface area contributed by atoms with Crippen LogP contribution in [0.2, 0.25) is 0 Å². The van der Waals surface area contributed by atoms with Crippen molar-refractivity contribution in [2.24, 2.45) is 0 Å². The maximum absolute atomic E-state index is 13.2. The summed E-state index contributed by atoms with van der Waals surface area (Å²) in [5.41, 5.74) is 0.643. The van der Waals surface area contributed by atoms with Crippen LogP contribution in [0.5, 0.6) is 11.5 Å². The Morgan fingerprint density at radius 3 is 2.03 bits per heavy atom. The number of hydrogen-bond donors (Lipinski definition) is 3. The normalized spacial score (nSPS) is 12.0. The molecule has 0 spiro atoms. The van der Waals surface area contributed by atoms with Gasteiger partial charge in [0.25, 0.3) is 10.1 Å². The van der Waals surface area contributed by atoms with E-state index in [1.54, 1.807) is 24.3 Å². The van der Waals surface area contributed by atoms with Gasteiger partial charge in [0.1, 0.15) is 23.1 Å². The van der Waals surface area contributed by atoms with Crippen molar-refractivity contribution in [3.63, 3.8) is 0 Å². The first-order valence-corrected chi connectivity index (χ1v) is 10.9. The van der Waals surface area contributed by atoms with Gasteiger partial charge < -0.3 is 14.5 Å². The molecule has 0 heterocycles. The molecule has 0 aromatic heterocycles. The van der Waals surface area contributed by atoms with Crippen LogP contribution in [-0.2, 0) is 21.1 Å². The number of benzene rings is 2. The molecule has 0 amide bonds. The van der Waals surface area contributed by atoms with Crippen LogP contribution < -0.4 is 4.74 Å². The van der Waals surface area contributed by atoms with Crippen molar-refractivity contribution in [1.82, 2.24) is 0 Å². The second-order valence-electron chi connectivity index (χ2n) is 5.81. The minimum atomic E-state index is -5.02. The third-order valence-corrected chi connectivity index (χ3v) is 7.16. The molecule has 0 saturated heterocycles. The molecule has 0 radical (unpaired) electrons. The average molecular weight is 543 g/mol. The summed E-state index contributed by atoms with van der Waals surface area (Å²) < 4.78 is 74.2. The molecule has 0 bridgehead atoms. The first-order chi connectivity index (χ1) is 12.4. The molecular formula is C16H20F2K3O7PS. The van der Waals surface area contributed by atoms with E-state index >= 15 is 0 Å². The quantitative estimate of drug-likeness (QED) is 0.263. The van der Waals surface area contributed by atoms with E-state index in [0.717, 1.165) is 12.1 Å². The summed E-state index contributed by atoms with van der Waals surface area (Å²) in [7, 11) is -9.91. The van der Waals surface area contributed by atoms with Crippen LogP contribution in [0.1, 0.15) is 18.4 Å². The van der Waals surface area contributed by atoms with Gasteiger partial charge >= 0.3 is 162 Å². The molecule has 2 aromatic carbocycles. The van der Waals surface area contributed by atoms with Crippen molar-refractivity contribution >= 4 is 172 Å². The predicted molar refractivity (Wildman–Crippen MR) is 115 cm³/mol. The Labute approximate surface area is 301 Å². The van der Waals surface area contributed by atoms with Gasteiger partial charge in [-0.15, -0.1) is 0 Å². The van der Waals surface area contributed by atoms with E-state index in [1.807, 2.05) is 0 Å². The fraction of sp³-hybridized carbons (Fsp3) is 0.250. The molecule has 0 aliphatic rings. The number of halogens is 2. The minimum absolute atomic E-state index is 0. The molecule has 14 heteroatoms. The van der Waals surface area contributed by atoms with E-state index in [2.05, 4.69) is 0 Å². The number of aryl methyl sites for hydroxylation is 1. The van der Waals surface area contributed by atoms with Crippen molar-refractivity contribution < 1.29 is 40.8 Å². The number of ether oxygens (including phenoxy) is 1. The van der Waals surface area contributed by atoms with E-state index in [0.29, 0.717) is 11.6 Å². The molecule has 0 aliphatic carbocycles. The number of rotatable bonds is 8. The molecule has 1 unspecified atom stereocenters. The van der Waals surface area contributed by atoms with E-state index in [9.17, 15) is 21.8 Å². The van der Waals surface area contributed by atoms with Gasteiger partial charge in [-0.05, 0) is 37.0 Å². The Morgan fingerprint density at radius 1 is 0.967 bits per heavy atom. The second-order valence-corrected chi connectivity index (χ2v) is 9.56. The SMILES string of the molecule is O=P(O)(O)C(CCCc1cccc(Oc2cc(F)cc(F)c2)c1)S(=O)(=O)O.[KH].[KH].[KH]. The van der Waals surface area contributed by atoms with Gasteiger partial charge in [-0.3, -0.25) is 9.12 Å². The molecule has 1 atom stereocenters. The van der Waals surface area contributed by atoms with Gasteiger partial charge in [0.2, 0.25) is 0 Å². The molecule has 0 aliphatic heterocycles. The summed E-state index contributed by atoms with van der Waals surface area (Å²) in [6, 6.07) is 9.07. The first kappa shape index (κ1) is 35.2. The third kappa shape index (κ3) is 12.7. The van der Waals surface area contributed by atoms with E-state index in [4.69, 9.17) is 19.1 Å². The standard InChI is InChI=1S/C16H17F2O7PS.3K.3H/c17-12-8-13(18)10-15(9-12)25-14-5-1-3-11(7-14)4-2-6-16(26(19,20)21)27(22,23)24;;;;;;/h1,3,5,7-10,16H,2,4,6H2,(H2,19,20,21)(H,22,23,24);;;;;;. The van der Waals surface area contributed by atoms with Crippen LogP contribution in [0, 0.1) is 11.6 Å². The van der Waals surface area contributed by atoms with Crippen LogP contribution in [0.3, 0.4) is 0 Å². The summed E-state index contributed by atoms with van der Waals surface area (Å²) >= 11 is 0. The van der Waals surface area contributed by atoms with E-state index in [-0.39, 0.29) is 178 Å². The van der Waals surface area contributed by atoms with Crippen molar-refractivity contribution in [3.8, 4) is 11.5 Å². The van der Waals surface area contributed by atoms with Gasteiger partial charge in [0.05, 0.1) is 0 Å². The zero-order valence-electron chi connectivity index (χ0n) is 13.8. The van der Waals surface area contributed by atoms with Gasteiger partial charge in [-0.2, -0.15) is 8.42 Å². The molecule has 30 heavy (non-hydrogen) atoms. The molecule has 0 fully saturated rings. The fourth-order valence-electron chi connectivity index (χ4n) is 2.46. The molecular weight excluding hydrogens is 523 g/mol. The van der Waals surface area contributed by atoms with Crippen LogP contribution >= 0.6 is 7.60 Å². The van der Waals surface area contributed by atoms with Crippen molar-refractivity contribution in [2.45, 2.75) is 24.3 Å². The second kappa shape index (κ2) is 15.9. The Morgan fingerprint density at radius 2 is 1.53 bits per heavy atom. The summed E-state index contributed by atoms with van der Waals surface area (Å²) in [5, 5.41) is 0. The Hall–Kier alpha value is 3.07. The molecule has 3 N–H and O–H groups in total. The zero-order chi connectivity index (χ0) is 20.2. The van der Waals surface area contributed by atoms with E-state index in [1.165, 1.54) is 0 Å². The third-order valence-electron chi connectivity index (χ3n) is 3.61. The summed E-state index contributed by atoms with van der Waals surface area (Å²) in [6.07, 6.45) is -0.141. The van der Waals surface area contributed by atoms with Gasteiger partial charge in [-0.25, -0.2) is 8.78 Å². The van der Waals surface area contributed by atoms with E-state index < -0.39 is 40.8 Å². The Balaban J connectivity index is 0. The van der Waals surface area contributed by atoms with Gasteiger partial charge in [-0.1, -0.05) is 12.1 Å². The average Bonchev–Trinajstić information content (AvgIpc) is 2.48. The summed E-state index contributed by atoms with van der Waals surface area (Å²) in [6.45, 7) is 0. The molecule has 0 saturated carbocycles. The van der Waals surface area contributed by atoms with Crippen molar-refractivity contribution in [3.05, 3.63) is 59.7 Å². The fourth-order valence-corrected chi connectivity index (χ4v) is 4.83. The number of hydrogen-bond acceptors (Lipinski definition) is 4. The van der Waals surface area contributed by atoms with Crippen LogP contribution in [0.15, 0.2) is 42.5 Å². The Bertz CT molecular complexity index is 953. The first-order valence-electron chi connectivity index (χ1n) is 7.69. The van der Waals surface area contributed by atoms with Gasteiger partial charge in [0.15, 0.2) is 4.99 Å². The van der Waals surface area contributed by atoms with Crippen LogP contribution in [-0.4, -0.2) is 182 Å². The topological polar surface area (TPSA) is 121 Å². The predicted octanol–water partition coefficient (Wildman–Crippen LogP) is 1.53. The molecule has 7 nitrogen and oxygen atoms in total. The van der Waals surface area contributed by atoms with Crippen LogP contribution in [0.25, 0.3) is 0 Å². The zero-order valence-corrected chi connectivity index (χ0v) is 15.5. The van der Waals surface area contributed by atoms with Crippen LogP contribution in [0.4, 0.5) is 8.78 Å². The Kier molecular flexibility index (Phi) is 18.7. The monoisotopic (exact) mass is 542 g/mol. The van der Waals surface area contributed by atoms with Gasteiger partial charge in [0, 0.05) is 18.2 Å². The summed E-state index contributed by atoms with van der Waals surface area (Å²) in [4.78, 5) is 15.9. The maximum atomic E-state index is 13.2. The molecule has 2 aromatic rings. The van der Waals surface area contributed by atoms with Crippen molar-refractivity contribution in [2.75, 3.05) is 0 Å². The molecule has 154 valence electrons. The molecule has 2 rings (SSSR count).